The molecule has 0 aliphatic rings. The van der Waals surface area contributed by atoms with Gasteiger partial charge in [-0.05, 0) is 60.3 Å². The highest BCUT2D eigenvalue weighted by molar-refractivity contribution is 4.45. The van der Waals surface area contributed by atoms with Gasteiger partial charge in [0.2, 0.25) is 0 Å². The van der Waals surface area contributed by atoms with Crippen molar-refractivity contribution < 1.29 is 52.1 Å². The second kappa shape index (κ2) is 49.0. The second-order valence-corrected chi connectivity index (χ2v) is 10.4. The summed E-state index contributed by atoms with van der Waals surface area (Å²) >= 11 is 0. The van der Waals surface area contributed by atoms with Crippen LogP contribution in [0, 0.1) is 0 Å². The summed E-state index contributed by atoms with van der Waals surface area (Å²) in [6.45, 7) is 28.8. The van der Waals surface area contributed by atoms with Crippen LogP contribution in [-0.2, 0) is 52.1 Å². The van der Waals surface area contributed by atoms with Crippen molar-refractivity contribution in [2.75, 3.05) is 120 Å². The third-order valence-electron chi connectivity index (χ3n) is 6.32. The summed E-state index contributed by atoms with van der Waals surface area (Å²) < 4.78 is 56.9. The quantitative estimate of drug-likeness (QED) is 0.0811. The molecule has 0 spiro atoms. The summed E-state index contributed by atoms with van der Waals surface area (Å²) in [4.78, 5) is 0. The number of hydrogen-bond donors (Lipinski definition) is 0. The molecule has 0 aliphatic carbocycles. The van der Waals surface area contributed by atoms with Gasteiger partial charge in [-0.3, -0.25) is 0 Å². The second-order valence-electron chi connectivity index (χ2n) is 10.4. The van der Waals surface area contributed by atoms with E-state index in [1.165, 1.54) is 0 Å². The van der Waals surface area contributed by atoms with E-state index in [9.17, 15) is 0 Å². The largest absolute Gasteiger partial charge is 0.382 e. The van der Waals surface area contributed by atoms with Gasteiger partial charge in [-0.1, -0.05) is 27.7 Å². The fraction of sp³-hybridized carbons (Fsp3) is 1.00. The minimum atomic E-state index is 0.326. The van der Waals surface area contributed by atoms with Gasteiger partial charge < -0.3 is 52.1 Å². The van der Waals surface area contributed by atoms with Gasteiger partial charge >= 0.3 is 0 Å². The molecular formula is C35H78O11. The molecular weight excluding hydrogens is 596 g/mol. The highest BCUT2D eigenvalue weighted by Gasteiger charge is 1.99. The van der Waals surface area contributed by atoms with Crippen LogP contribution in [0.15, 0.2) is 0 Å². The first kappa shape index (κ1) is 52.4. The fourth-order valence-electron chi connectivity index (χ4n) is 2.58. The summed E-state index contributed by atoms with van der Waals surface area (Å²) in [7, 11) is 5.01. The maximum absolute atomic E-state index is 5.45. The van der Waals surface area contributed by atoms with E-state index in [1.54, 1.807) is 21.3 Å². The highest BCUT2D eigenvalue weighted by Crippen LogP contribution is 1.96. The summed E-state index contributed by atoms with van der Waals surface area (Å²) in [5.74, 6) is 0. The molecule has 0 N–H and O–H groups in total. The van der Waals surface area contributed by atoms with E-state index >= 15 is 0 Å². The Labute approximate surface area is 284 Å². The van der Waals surface area contributed by atoms with Crippen molar-refractivity contribution >= 4 is 0 Å². The molecule has 0 aromatic heterocycles. The van der Waals surface area contributed by atoms with E-state index < -0.39 is 0 Å². The van der Waals surface area contributed by atoms with Gasteiger partial charge in [0.15, 0.2) is 0 Å². The van der Waals surface area contributed by atoms with Crippen LogP contribution in [0.3, 0.4) is 0 Å². The molecule has 11 nitrogen and oxygen atoms in total. The van der Waals surface area contributed by atoms with E-state index in [0.717, 1.165) is 45.5 Å². The lowest BCUT2D eigenvalue weighted by Crippen LogP contribution is -2.14. The van der Waals surface area contributed by atoms with Crippen molar-refractivity contribution in [1.82, 2.24) is 0 Å². The van der Waals surface area contributed by atoms with Gasteiger partial charge in [0, 0.05) is 27.9 Å². The molecule has 0 aromatic carbocycles. The van der Waals surface area contributed by atoms with Crippen molar-refractivity contribution in [2.45, 2.75) is 112 Å². The Kier molecular flexibility index (Phi) is 55.7. The van der Waals surface area contributed by atoms with Crippen molar-refractivity contribution in [3.63, 3.8) is 0 Å². The van der Waals surface area contributed by atoms with Crippen LogP contribution in [0.5, 0.6) is 0 Å². The smallest absolute Gasteiger partial charge is 0.0704 e. The predicted octanol–water partition coefficient (Wildman–Crippen LogP) is 6.23. The van der Waals surface area contributed by atoms with Crippen LogP contribution in [0.4, 0.5) is 0 Å². The number of hydrogen-bond acceptors (Lipinski definition) is 11. The lowest BCUT2D eigenvalue weighted by Gasteiger charge is -2.10. The minimum absolute atomic E-state index is 0.326. The Balaban J connectivity index is -0.000000261. The molecule has 0 rings (SSSR count). The van der Waals surface area contributed by atoms with E-state index in [4.69, 9.17) is 52.1 Å². The maximum Gasteiger partial charge on any atom is 0.0704 e. The maximum atomic E-state index is 5.45. The van der Waals surface area contributed by atoms with E-state index in [1.807, 2.05) is 6.92 Å². The van der Waals surface area contributed by atoms with Gasteiger partial charge in [0.05, 0.1) is 117 Å². The minimum Gasteiger partial charge on any atom is -0.382 e. The summed E-state index contributed by atoms with van der Waals surface area (Å²) in [5.41, 5.74) is 0. The van der Waals surface area contributed by atoms with Crippen molar-refractivity contribution in [2.24, 2.45) is 0 Å². The Morgan fingerprint density at radius 2 is 0.522 bits per heavy atom. The number of methoxy groups -OCH3 is 3. The first-order valence-electron chi connectivity index (χ1n) is 17.5. The Morgan fingerprint density at radius 3 is 0.783 bits per heavy atom. The molecule has 4 atom stereocenters. The third kappa shape index (κ3) is 55.9. The van der Waals surface area contributed by atoms with Crippen LogP contribution in [-0.4, -0.2) is 145 Å². The molecule has 4 unspecified atom stereocenters. The monoisotopic (exact) mass is 675 g/mol. The van der Waals surface area contributed by atoms with Crippen molar-refractivity contribution in [3.8, 4) is 0 Å². The van der Waals surface area contributed by atoms with E-state index in [2.05, 4.69) is 55.4 Å². The van der Waals surface area contributed by atoms with Crippen LogP contribution in [0.1, 0.15) is 88.0 Å². The molecule has 0 radical (unpaired) electrons. The molecule has 0 fully saturated rings. The highest BCUT2D eigenvalue weighted by atomic mass is 16.6. The predicted molar refractivity (Wildman–Crippen MR) is 187 cm³/mol. The third-order valence-corrected chi connectivity index (χ3v) is 6.32. The number of ether oxygens (including phenoxy) is 11. The molecule has 0 saturated carbocycles. The zero-order valence-corrected chi connectivity index (χ0v) is 32.2. The van der Waals surface area contributed by atoms with Gasteiger partial charge in [-0.25, -0.2) is 0 Å². The average Bonchev–Trinajstić information content (AvgIpc) is 3.07. The molecule has 0 aliphatic heterocycles. The Hall–Kier alpha value is -0.440. The van der Waals surface area contributed by atoms with Crippen molar-refractivity contribution in [3.05, 3.63) is 0 Å². The zero-order valence-electron chi connectivity index (χ0n) is 32.2. The lowest BCUT2D eigenvalue weighted by atomic mass is 10.3. The SMILES string of the molecule is CCC(C)OCCOC.CCC(C)OCCOCCOC.CCC(C)OCCOCCOCCOC.CCOCCOC(C)CC. The first-order valence-corrected chi connectivity index (χ1v) is 17.5. The van der Waals surface area contributed by atoms with Gasteiger partial charge in [-0.2, -0.15) is 0 Å². The van der Waals surface area contributed by atoms with E-state index in [-0.39, 0.29) is 0 Å². The molecule has 0 saturated heterocycles. The lowest BCUT2D eigenvalue weighted by molar-refractivity contribution is -0.0125. The zero-order chi connectivity index (χ0) is 35.5. The molecule has 11 heteroatoms. The normalized spacial score (nSPS) is 13.3. The Bertz CT molecular complexity index is 489. The number of rotatable bonds is 30. The molecule has 46 heavy (non-hydrogen) atoms. The molecule has 0 aromatic rings. The fourth-order valence-corrected chi connectivity index (χ4v) is 2.58. The topological polar surface area (TPSA) is 102 Å². The van der Waals surface area contributed by atoms with E-state index in [0.29, 0.717) is 104 Å². The van der Waals surface area contributed by atoms with Gasteiger partial charge in [-0.15, -0.1) is 0 Å². The van der Waals surface area contributed by atoms with Crippen LogP contribution >= 0.6 is 0 Å². The Morgan fingerprint density at radius 1 is 0.304 bits per heavy atom. The molecule has 0 amide bonds. The van der Waals surface area contributed by atoms with Crippen LogP contribution in [0.25, 0.3) is 0 Å². The molecule has 0 bridgehead atoms. The summed E-state index contributed by atoms with van der Waals surface area (Å²) in [5, 5.41) is 0. The molecule has 0 heterocycles. The van der Waals surface area contributed by atoms with Gasteiger partial charge in [0.1, 0.15) is 0 Å². The average molecular weight is 675 g/mol. The van der Waals surface area contributed by atoms with Crippen LogP contribution < -0.4 is 0 Å². The van der Waals surface area contributed by atoms with Gasteiger partial charge in [0.25, 0.3) is 0 Å². The molecule has 284 valence electrons. The van der Waals surface area contributed by atoms with Crippen LogP contribution in [0.2, 0.25) is 0 Å². The summed E-state index contributed by atoms with van der Waals surface area (Å²) in [6.07, 6.45) is 5.66. The first-order chi connectivity index (χ1) is 22.2. The summed E-state index contributed by atoms with van der Waals surface area (Å²) in [6, 6.07) is 0. The standard InChI is InChI=1S/C11H24O4.C9H20O3.C8H18O2.C7H16O2/c1-4-11(2)15-10-9-14-8-7-13-6-5-12-3;1-4-9(2)12-8-7-11-6-5-10-3;1-4-8(3)10-7-6-9-5-2;1-4-7(2)9-6-5-8-3/h11H,4-10H2,1-3H3;9H,4-8H2,1-3H3;8H,4-7H2,1-3H3;7H,4-6H2,1-3H3. The van der Waals surface area contributed by atoms with Crippen molar-refractivity contribution in [1.29, 1.82) is 0 Å².